The standard InChI is InChI=1S/C24H27F3N6O3/c25-24(26,27)14-1-6-19-18(9-14)23(30-13-29-19)28-10-20(34)31-15-11-32(12-15)16-2-4-17(5-3-16)33-21(35)7-8-22(33)36/h1,6,9,13,15-17H,2-5,7-8,10-12H2,(H,31,34)(H,28,29,30)/t16-,17-. The van der Waals surface area contributed by atoms with Gasteiger partial charge < -0.3 is 10.6 Å². The number of halogens is 3. The van der Waals surface area contributed by atoms with Crippen molar-refractivity contribution in [3.05, 3.63) is 30.1 Å². The van der Waals surface area contributed by atoms with Crippen molar-refractivity contribution in [1.29, 1.82) is 0 Å². The Bertz CT molecular complexity index is 1160. The highest BCUT2D eigenvalue weighted by atomic mass is 19.4. The van der Waals surface area contributed by atoms with Crippen molar-refractivity contribution < 1.29 is 27.6 Å². The predicted octanol–water partition coefficient (Wildman–Crippen LogP) is 2.32. The van der Waals surface area contributed by atoms with Crippen LogP contribution in [0.25, 0.3) is 10.9 Å². The van der Waals surface area contributed by atoms with E-state index in [2.05, 4.69) is 25.5 Å². The number of rotatable bonds is 6. The van der Waals surface area contributed by atoms with E-state index in [-0.39, 0.29) is 47.6 Å². The maximum Gasteiger partial charge on any atom is 0.416 e. The highest BCUT2D eigenvalue weighted by molar-refractivity contribution is 6.02. The zero-order valence-electron chi connectivity index (χ0n) is 19.6. The van der Waals surface area contributed by atoms with E-state index >= 15 is 0 Å². The minimum Gasteiger partial charge on any atom is -0.360 e. The van der Waals surface area contributed by atoms with Crippen LogP contribution in [-0.4, -0.2) is 75.2 Å². The SMILES string of the molecule is O=C(CNc1ncnc2ccc(C(F)(F)F)cc12)NC1CN([C@H]2CC[C@H](N3C(=O)CCC3=O)CC2)C1. The normalized spacial score (nSPS) is 23.7. The summed E-state index contributed by atoms with van der Waals surface area (Å²) < 4.78 is 39.2. The Labute approximate surface area is 205 Å². The minimum atomic E-state index is -4.49. The van der Waals surface area contributed by atoms with Gasteiger partial charge in [0.05, 0.1) is 23.7 Å². The maximum atomic E-state index is 13.1. The number of anilines is 1. The maximum absolute atomic E-state index is 13.1. The van der Waals surface area contributed by atoms with E-state index in [0.29, 0.717) is 37.5 Å². The van der Waals surface area contributed by atoms with Crippen molar-refractivity contribution in [3.8, 4) is 0 Å². The zero-order valence-corrected chi connectivity index (χ0v) is 19.6. The average molecular weight is 505 g/mol. The largest absolute Gasteiger partial charge is 0.416 e. The van der Waals surface area contributed by atoms with Crippen LogP contribution in [0.15, 0.2) is 24.5 Å². The van der Waals surface area contributed by atoms with Gasteiger partial charge in [-0.2, -0.15) is 13.2 Å². The third-order valence-corrected chi connectivity index (χ3v) is 7.29. The number of carbonyl (C=O) groups excluding carboxylic acids is 3. The van der Waals surface area contributed by atoms with Crippen LogP contribution >= 0.6 is 0 Å². The van der Waals surface area contributed by atoms with Crippen LogP contribution in [0, 0.1) is 0 Å². The van der Waals surface area contributed by atoms with E-state index in [9.17, 15) is 27.6 Å². The van der Waals surface area contributed by atoms with Gasteiger partial charge >= 0.3 is 6.18 Å². The summed E-state index contributed by atoms with van der Waals surface area (Å²) >= 11 is 0. The van der Waals surface area contributed by atoms with Gasteiger partial charge in [0.1, 0.15) is 12.1 Å². The van der Waals surface area contributed by atoms with Gasteiger partial charge in [0.2, 0.25) is 17.7 Å². The lowest BCUT2D eigenvalue weighted by Crippen LogP contribution is -2.63. The van der Waals surface area contributed by atoms with Crippen LogP contribution < -0.4 is 10.6 Å². The number of nitrogens with zero attached hydrogens (tertiary/aromatic N) is 4. The highest BCUT2D eigenvalue weighted by Crippen LogP contribution is 2.33. The van der Waals surface area contributed by atoms with Gasteiger partial charge in [0.25, 0.3) is 0 Å². The van der Waals surface area contributed by atoms with Gasteiger partial charge in [-0.05, 0) is 43.9 Å². The summed E-state index contributed by atoms with van der Waals surface area (Å²) in [5, 5.41) is 5.97. The fourth-order valence-corrected chi connectivity index (χ4v) is 5.40. The number of nitrogens with one attached hydrogen (secondary N) is 2. The molecule has 1 aromatic carbocycles. The summed E-state index contributed by atoms with van der Waals surface area (Å²) in [4.78, 5) is 48.1. The van der Waals surface area contributed by atoms with Gasteiger partial charge in [-0.1, -0.05) is 0 Å². The van der Waals surface area contributed by atoms with Gasteiger partial charge in [-0.15, -0.1) is 0 Å². The van der Waals surface area contributed by atoms with Crippen molar-refractivity contribution in [2.45, 2.75) is 62.8 Å². The third-order valence-electron chi connectivity index (χ3n) is 7.29. The van der Waals surface area contributed by atoms with Crippen LogP contribution in [0.3, 0.4) is 0 Å². The summed E-state index contributed by atoms with van der Waals surface area (Å²) in [5.41, 5.74) is -0.455. The molecule has 1 saturated carbocycles. The van der Waals surface area contributed by atoms with Crippen LogP contribution in [-0.2, 0) is 20.6 Å². The smallest absolute Gasteiger partial charge is 0.360 e. The highest BCUT2D eigenvalue weighted by Gasteiger charge is 2.40. The second kappa shape index (κ2) is 9.64. The quantitative estimate of drug-likeness (QED) is 0.582. The summed E-state index contributed by atoms with van der Waals surface area (Å²) in [6.45, 7) is 1.31. The molecule has 12 heteroatoms. The minimum absolute atomic E-state index is 0.00210. The number of amides is 3. The summed E-state index contributed by atoms with van der Waals surface area (Å²) in [6.07, 6.45) is 0.827. The lowest BCUT2D eigenvalue weighted by Gasteiger charge is -2.47. The molecule has 0 atom stereocenters. The fraction of sp³-hybridized carbons (Fsp3) is 0.542. The molecule has 1 aromatic heterocycles. The van der Waals surface area contributed by atoms with E-state index < -0.39 is 11.7 Å². The van der Waals surface area contributed by atoms with Crippen molar-refractivity contribution in [2.75, 3.05) is 25.0 Å². The number of imide groups is 1. The van der Waals surface area contributed by atoms with E-state index in [1.54, 1.807) is 0 Å². The molecule has 3 fully saturated rings. The number of hydrogen-bond acceptors (Lipinski definition) is 7. The Morgan fingerprint density at radius 3 is 2.33 bits per heavy atom. The van der Waals surface area contributed by atoms with Crippen LogP contribution in [0.2, 0.25) is 0 Å². The van der Waals surface area contributed by atoms with Crippen molar-refractivity contribution in [1.82, 2.24) is 25.1 Å². The van der Waals surface area contributed by atoms with Gasteiger partial charge in [-0.3, -0.25) is 24.2 Å². The van der Waals surface area contributed by atoms with E-state index in [4.69, 9.17) is 0 Å². The lowest BCUT2D eigenvalue weighted by molar-refractivity contribution is -0.142. The molecule has 2 aromatic rings. The second-order valence-corrected chi connectivity index (χ2v) is 9.64. The topological polar surface area (TPSA) is 108 Å². The Morgan fingerprint density at radius 1 is 1.00 bits per heavy atom. The molecule has 9 nitrogen and oxygen atoms in total. The average Bonchev–Trinajstić information content (AvgIpc) is 3.16. The van der Waals surface area contributed by atoms with Crippen LogP contribution in [0.4, 0.5) is 19.0 Å². The first-order valence-electron chi connectivity index (χ1n) is 12.1. The van der Waals surface area contributed by atoms with Gasteiger partial charge in [0.15, 0.2) is 0 Å². The van der Waals surface area contributed by atoms with Crippen LogP contribution in [0.1, 0.15) is 44.1 Å². The number of likely N-dealkylation sites (tertiary alicyclic amines) is 2. The van der Waals surface area contributed by atoms with Crippen molar-refractivity contribution >= 4 is 34.4 Å². The third kappa shape index (κ3) is 4.99. The lowest BCUT2D eigenvalue weighted by atomic mass is 9.87. The molecule has 36 heavy (non-hydrogen) atoms. The summed E-state index contributed by atoms with van der Waals surface area (Å²) in [5.74, 6) is -0.213. The number of carbonyl (C=O) groups is 3. The first kappa shape index (κ1) is 24.4. The number of fused-ring (bicyclic) bond motifs is 1. The fourth-order valence-electron chi connectivity index (χ4n) is 5.40. The molecule has 5 rings (SSSR count). The molecular weight excluding hydrogens is 477 g/mol. The van der Waals surface area contributed by atoms with Crippen LogP contribution in [0.5, 0.6) is 0 Å². The molecule has 3 amide bonds. The molecule has 0 bridgehead atoms. The molecule has 0 spiro atoms. The molecule has 0 radical (unpaired) electrons. The van der Waals surface area contributed by atoms with Crippen molar-refractivity contribution in [3.63, 3.8) is 0 Å². The summed E-state index contributed by atoms with van der Waals surface area (Å²) in [6, 6.07) is 3.60. The van der Waals surface area contributed by atoms with Gasteiger partial charge in [0, 0.05) is 43.4 Å². The number of aromatic nitrogens is 2. The zero-order chi connectivity index (χ0) is 25.4. The first-order valence-corrected chi connectivity index (χ1v) is 12.1. The number of hydrogen-bond donors (Lipinski definition) is 2. The van der Waals surface area contributed by atoms with Gasteiger partial charge in [-0.25, -0.2) is 9.97 Å². The molecule has 1 aliphatic carbocycles. The Morgan fingerprint density at radius 2 is 1.67 bits per heavy atom. The second-order valence-electron chi connectivity index (χ2n) is 9.64. The van der Waals surface area contributed by atoms with E-state index in [0.717, 1.165) is 37.8 Å². The Kier molecular flexibility index (Phi) is 6.54. The molecule has 3 heterocycles. The first-order chi connectivity index (χ1) is 17.2. The van der Waals surface area contributed by atoms with Crippen molar-refractivity contribution in [2.24, 2.45) is 0 Å². The molecule has 2 saturated heterocycles. The Hall–Kier alpha value is -3.28. The Balaban J connectivity index is 1.08. The van der Waals surface area contributed by atoms with E-state index in [1.807, 2.05) is 0 Å². The molecule has 2 aliphatic heterocycles. The summed E-state index contributed by atoms with van der Waals surface area (Å²) in [7, 11) is 0. The number of benzene rings is 1. The molecule has 3 aliphatic rings. The monoisotopic (exact) mass is 504 g/mol. The molecule has 2 N–H and O–H groups in total. The molecule has 0 unspecified atom stereocenters. The molecular formula is C24H27F3N6O3. The molecule has 192 valence electrons. The number of alkyl halides is 3. The predicted molar refractivity (Wildman–Crippen MR) is 124 cm³/mol. The van der Waals surface area contributed by atoms with E-state index in [1.165, 1.54) is 17.3 Å².